The number of rotatable bonds is 5. The Morgan fingerprint density at radius 2 is 2.00 bits per heavy atom. The van der Waals surface area contributed by atoms with E-state index in [1.165, 1.54) is 14.2 Å². The van der Waals surface area contributed by atoms with Gasteiger partial charge in [-0.2, -0.15) is 0 Å². The van der Waals surface area contributed by atoms with Crippen LogP contribution in [0.5, 0.6) is 0 Å². The summed E-state index contributed by atoms with van der Waals surface area (Å²) in [4.78, 5) is 12.2. The topological polar surface area (TPSA) is 67.8 Å². The molecule has 144 valence electrons. The number of halogens is 2. The SMILES string of the molecule is COC1=CC=CC(OC)(c2cc(F)c(NC(=O)C3=CCCC3O)c(F)c2)C1. The van der Waals surface area contributed by atoms with Crippen molar-refractivity contribution in [1.82, 2.24) is 0 Å². The van der Waals surface area contributed by atoms with Gasteiger partial charge in [0.15, 0.2) is 0 Å². The van der Waals surface area contributed by atoms with E-state index in [9.17, 15) is 18.7 Å². The zero-order valence-electron chi connectivity index (χ0n) is 15.1. The maximum atomic E-state index is 14.6. The molecule has 0 saturated carbocycles. The Morgan fingerprint density at radius 1 is 1.30 bits per heavy atom. The van der Waals surface area contributed by atoms with Gasteiger partial charge in [-0.1, -0.05) is 12.2 Å². The van der Waals surface area contributed by atoms with Crippen molar-refractivity contribution in [2.45, 2.75) is 31.0 Å². The van der Waals surface area contributed by atoms with Gasteiger partial charge in [-0.15, -0.1) is 0 Å². The number of nitrogens with one attached hydrogen (secondary N) is 1. The third kappa shape index (κ3) is 3.65. The molecule has 0 spiro atoms. The van der Waals surface area contributed by atoms with Crippen LogP contribution in [0, 0.1) is 11.6 Å². The van der Waals surface area contributed by atoms with Gasteiger partial charge in [0.25, 0.3) is 5.91 Å². The predicted octanol–water partition coefficient (Wildman–Crippen LogP) is 3.32. The second-order valence-corrected chi connectivity index (χ2v) is 6.49. The summed E-state index contributed by atoms with van der Waals surface area (Å²) < 4.78 is 40.0. The average molecular weight is 377 g/mol. The fourth-order valence-electron chi connectivity index (χ4n) is 3.34. The van der Waals surface area contributed by atoms with Crippen LogP contribution in [0.3, 0.4) is 0 Å². The molecule has 0 radical (unpaired) electrons. The summed E-state index contributed by atoms with van der Waals surface area (Å²) in [5.41, 5.74) is -1.25. The van der Waals surface area contributed by atoms with Crippen LogP contribution in [0.25, 0.3) is 0 Å². The molecule has 7 heteroatoms. The molecule has 2 N–H and O–H groups in total. The molecule has 27 heavy (non-hydrogen) atoms. The highest BCUT2D eigenvalue weighted by atomic mass is 19.1. The number of ether oxygens (including phenoxy) is 2. The lowest BCUT2D eigenvalue weighted by atomic mass is 9.86. The minimum absolute atomic E-state index is 0.122. The molecule has 1 aromatic rings. The zero-order chi connectivity index (χ0) is 19.6. The highest BCUT2D eigenvalue weighted by Crippen LogP contribution is 2.38. The molecule has 0 saturated heterocycles. The second kappa shape index (κ2) is 7.62. The van der Waals surface area contributed by atoms with Crippen molar-refractivity contribution in [2.24, 2.45) is 0 Å². The fraction of sp³-hybridized carbons (Fsp3) is 0.350. The summed E-state index contributed by atoms with van der Waals surface area (Å²) in [6.45, 7) is 0. The number of aliphatic hydroxyl groups excluding tert-OH is 1. The van der Waals surface area contributed by atoms with E-state index in [2.05, 4.69) is 5.32 Å². The van der Waals surface area contributed by atoms with Crippen LogP contribution in [0.2, 0.25) is 0 Å². The number of benzene rings is 1. The van der Waals surface area contributed by atoms with Gasteiger partial charge in [0.2, 0.25) is 0 Å². The number of anilines is 1. The Labute approximate surface area is 156 Å². The van der Waals surface area contributed by atoms with E-state index in [0.29, 0.717) is 18.6 Å². The van der Waals surface area contributed by atoms with Crippen LogP contribution in [0.15, 0.2) is 47.8 Å². The monoisotopic (exact) mass is 377 g/mol. The van der Waals surface area contributed by atoms with E-state index < -0.39 is 34.9 Å². The highest BCUT2D eigenvalue weighted by molar-refractivity contribution is 6.04. The van der Waals surface area contributed by atoms with Gasteiger partial charge < -0.3 is 19.9 Å². The summed E-state index contributed by atoms with van der Waals surface area (Å²) in [5.74, 6) is -1.96. The molecule has 0 fully saturated rings. The number of amides is 1. The van der Waals surface area contributed by atoms with Gasteiger partial charge in [0, 0.05) is 19.1 Å². The molecule has 0 heterocycles. The molecule has 5 nitrogen and oxygen atoms in total. The number of aliphatic hydroxyl groups is 1. The second-order valence-electron chi connectivity index (χ2n) is 6.49. The molecular formula is C20H21F2NO4. The first-order chi connectivity index (χ1) is 12.9. The van der Waals surface area contributed by atoms with Crippen molar-refractivity contribution in [1.29, 1.82) is 0 Å². The van der Waals surface area contributed by atoms with Gasteiger partial charge in [0.1, 0.15) is 22.9 Å². The fourth-order valence-corrected chi connectivity index (χ4v) is 3.34. The minimum Gasteiger partial charge on any atom is -0.501 e. The lowest BCUT2D eigenvalue weighted by Gasteiger charge is -2.32. The van der Waals surface area contributed by atoms with Gasteiger partial charge in [-0.05, 0) is 42.7 Å². The van der Waals surface area contributed by atoms with Gasteiger partial charge in [-0.3, -0.25) is 4.79 Å². The highest BCUT2D eigenvalue weighted by Gasteiger charge is 2.35. The zero-order valence-corrected chi connectivity index (χ0v) is 15.1. The van der Waals surface area contributed by atoms with Gasteiger partial charge in [0.05, 0.1) is 19.0 Å². The number of allylic oxidation sites excluding steroid dienone is 3. The van der Waals surface area contributed by atoms with Gasteiger partial charge in [-0.25, -0.2) is 8.78 Å². The molecule has 3 rings (SSSR count). The Bertz CT molecular complexity index is 823. The minimum atomic E-state index is -1.07. The molecule has 2 unspecified atom stereocenters. The molecule has 1 aromatic carbocycles. The normalized spacial score (nSPS) is 24.4. The Balaban J connectivity index is 1.90. The van der Waals surface area contributed by atoms with Crippen LogP contribution in [-0.4, -0.2) is 31.3 Å². The van der Waals surface area contributed by atoms with Crippen LogP contribution in [0.4, 0.5) is 14.5 Å². The molecule has 2 aliphatic rings. The van der Waals surface area contributed by atoms with Crippen molar-refractivity contribution >= 4 is 11.6 Å². The maximum absolute atomic E-state index is 14.6. The number of carbonyl (C=O) groups excluding carboxylic acids is 1. The number of carbonyl (C=O) groups is 1. The predicted molar refractivity (Wildman–Crippen MR) is 95.8 cm³/mol. The van der Waals surface area contributed by atoms with E-state index in [-0.39, 0.29) is 17.6 Å². The van der Waals surface area contributed by atoms with Crippen molar-refractivity contribution in [3.63, 3.8) is 0 Å². The lowest BCUT2D eigenvalue weighted by molar-refractivity contribution is -0.113. The van der Waals surface area contributed by atoms with Crippen LogP contribution < -0.4 is 5.32 Å². The molecule has 2 aliphatic carbocycles. The standard InChI is InChI=1S/C20H21F2NO4/c1-26-13-5-4-8-20(11-13,27-2)12-9-15(21)18(16(22)10-12)23-19(25)14-6-3-7-17(14)24/h4-6,8-10,17,24H,3,7,11H2,1-2H3,(H,23,25). The van der Waals surface area contributed by atoms with Crippen molar-refractivity contribution in [3.05, 3.63) is 65.0 Å². The lowest BCUT2D eigenvalue weighted by Crippen LogP contribution is -2.29. The van der Waals surface area contributed by atoms with Crippen molar-refractivity contribution in [3.8, 4) is 0 Å². The number of methoxy groups -OCH3 is 2. The molecule has 0 bridgehead atoms. The first-order valence-corrected chi connectivity index (χ1v) is 8.56. The third-order valence-electron chi connectivity index (χ3n) is 4.91. The van der Waals surface area contributed by atoms with E-state index in [0.717, 1.165) is 12.1 Å². The Kier molecular flexibility index (Phi) is 5.43. The number of hydrogen-bond acceptors (Lipinski definition) is 4. The van der Waals surface area contributed by atoms with E-state index in [1.54, 1.807) is 24.3 Å². The van der Waals surface area contributed by atoms with E-state index >= 15 is 0 Å². The smallest absolute Gasteiger partial charge is 0.254 e. The molecular weight excluding hydrogens is 356 g/mol. The average Bonchev–Trinajstić information content (AvgIpc) is 3.10. The number of hydrogen-bond donors (Lipinski definition) is 2. The largest absolute Gasteiger partial charge is 0.501 e. The summed E-state index contributed by atoms with van der Waals surface area (Å²) in [7, 11) is 2.96. The first kappa shape index (κ1) is 19.3. The molecule has 1 amide bonds. The molecule has 2 atom stereocenters. The van der Waals surface area contributed by atoms with Crippen LogP contribution >= 0.6 is 0 Å². The van der Waals surface area contributed by atoms with E-state index in [4.69, 9.17) is 9.47 Å². The summed E-state index contributed by atoms with van der Waals surface area (Å²) in [6.07, 6.45) is 7.04. The maximum Gasteiger partial charge on any atom is 0.254 e. The first-order valence-electron chi connectivity index (χ1n) is 8.56. The van der Waals surface area contributed by atoms with E-state index in [1.807, 2.05) is 0 Å². The summed E-state index contributed by atoms with van der Waals surface area (Å²) in [6, 6.07) is 2.26. The van der Waals surface area contributed by atoms with Crippen LogP contribution in [0.1, 0.15) is 24.8 Å². The Morgan fingerprint density at radius 3 is 2.56 bits per heavy atom. The van der Waals surface area contributed by atoms with Crippen molar-refractivity contribution < 1.29 is 28.2 Å². The third-order valence-corrected chi connectivity index (χ3v) is 4.91. The quantitative estimate of drug-likeness (QED) is 0.826. The van der Waals surface area contributed by atoms with Crippen LogP contribution in [-0.2, 0) is 19.9 Å². The summed E-state index contributed by atoms with van der Waals surface area (Å²) >= 11 is 0. The van der Waals surface area contributed by atoms with Crippen molar-refractivity contribution in [2.75, 3.05) is 19.5 Å². The van der Waals surface area contributed by atoms with Gasteiger partial charge >= 0.3 is 0 Å². The Hall–Kier alpha value is -2.51. The summed E-state index contributed by atoms with van der Waals surface area (Å²) in [5, 5.41) is 12.0. The molecule has 0 aliphatic heterocycles. The molecule has 0 aromatic heterocycles.